The van der Waals surface area contributed by atoms with Gasteiger partial charge in [0.05, 0.1) is 18.1 Å². The predicted molar refractivity (Wildman–Crippen MR) is 83.9 cm³/mol. The maximum atomic E-state index is 5.49. The smallest absolute Gasteiger partial charge is 0.178 e. The zero-order chi connectivity index (χ0) is 14.1. The summed E-state index contributed by atoms with van der Waals surface area (Å²) in [6.07, 6.45) is 3.88. The summed E-state index contributed by atoms with van der Waals surface area (Å²) < 4.78 is 8.28. The molecule has 1 atom stereocenters. The van der Waals surface area contributed by atoms with Crippen molar-refractivity contribution in [3.63, 3.8) is 0 Å². The molecule has 2 heterocycles. The Morgan fingerprint density at radius 3 is 3.00 bits per heavy atom. The minimum absolute atomic E-state index is 0.580. The molecule has 1 N–H and O–H groups in total. The second-order valence-corrected chi connectivity index (χ2v) is 5.94. The van der Waals surface area contributed by atoms with Gasteiger partial charge in [0.2, 0.25) is 0 Å². The van der Waals surface area contributed by atoms with Crippen LogP contribution in [-0.4, -0.2) is 41.2 Å². The Labute approximate surface area is 124 Å². The topological polar surface area (TPSA) is 33.2 Å². The lowest BCUT2D eigenvalue weighted by atomic mass is 10.0. The summed E-state index contributed by atoms with van der Waals surface area (Å²) in [5.74, 6) is 0.857. The number of nitrogens with one attached hydrogen (secondary N) is 1. The number of aromatic amines is 1. The van der Waals surface area contributed by atoms with Crippen molar-refractivity contribution in [1.29, 1.82) is 0 Å². The van der Waals surface area contributed by atoms with Crippen molar-refractivity contribution in [2.24, 2.45) is 0 Å². The van der Waals surface area contributed by atoms with Crippen molar-refractivity contribution in [2.45, 2.75) is 31.8 Å². The van der Waals surface area contributed by atoms with Gasteiger partial charge in [0, 0.05) is 18.7 Å². The lowest BCUT2D eigenvalue weighted by molar-refractivity contribution is 0.168. The van der Waals surface area contributed by atoms with E-state index < -0.39 is 0 Å². The Bertz CT molecular complexity index is 661. The highest BCUT2D eigenvalue weighted by atomic mass is 32.1. The van der Waals surface area contributed by atoms with Crippen LogP contribution in [-0.2, 0) is 6.54 Å². The molecule has 2 aromatic rings. The number of rotatable bonds is 3. The minimum Gasteiger partial charge on any atom is -0.497 e. The number of ether oxygens (including phenoxy) is 1. The van der Waals surface area contributed by atoms with Crippen molar-refractivity contribution >= 4 is 23.3 Å². The number of methoxy groups -OCH3 is 1. The molecule has 1 saturated heterocycles. The van der Waals surface area contributed by atoms with E-state index in [9.17, 15) is 0 Å². The largest absolute Gasteiger partial charge is 0.497 e. The molecule has 4 nitrogen and oxygen atoms in total. The molecule has 1 aromatic heterocycles. The van der Waals surface area contributed by atoms with Gasteiger partial charge in [-0.3, -0.25) is 0 Å². The average Bonchev–Trinajstić information content (AvgIpc) is 2.76. The van der Waals surface area contributed by atoms with E-state index in [1.807, 2.05) is 12.1 Å². The Morgan fingerprint density at radius 2 is 2.25 bits per heavy atom. The highest BCUT2D eigenvalue weighted by Crippen LogP contribution is 2.23. The molecule has 1 aliphatic rings. The summed E-state index contributed by atoms with van der Waals surface area (Å²) in [5, 5.41) is 0. The van der Waals surface area contributed by atoms with Gasteiger partial charge in [0.25, 0.3) is 0 Å². The first kappa shape index (κ1) is 13.6. The first-order chi connectivity index (χ1) is 9.69. The van der Waals surface area contributed by atoms with Gasteiger partial charge >= 0.3 is 0 Å². The molecule has 0 bridgehead atoms. The SMILES string of the molecule is COc1ccc2c(c1)[nH]c(=S)n2CC1CCCCN1C. The van der Waals surface area contributed by atoms with Gasteiger partial charge in [0.15, 0.2) is 4.77 Å². The fraction of sp³-hybridized carbons (Fsp3) is 0.533. The van der Waals surface area contributed by atoms with Crippen molar-refractivity contribution < 1.29 is 4.74 Å². The van der Waals surface area contributed by atoms with E-state index in [0.717, 1.165) is 28.1 Å². The molecular weight excluding hydrogens is 270 g/mol. The Hall–Kier alpha value is -1.33. The highest BCUT2D eigenvalue weighted by Gasteiger charge is 2.20. The number of likely N-dealkylation sites (tertiary alicyclic amines) is 1. The van der Waals surface area contributed by atoms with Crippen molar-refractivity contribution in [2.75, 3.05) is 20.7 Å². The number of hydrogen-bond donors (Lipinski definition) is 1. The molecule has 1 unspecified atom stereocenters. The van der Waals surface area contributed by atoms with Crippen molar-refractivity contribution in [3.05, 3.63) is 23.0 Å². The van der Waals surface area contributed by atoms with E-state index >= 15 is 0 Å². The number of imidazole rings is 1. The molecule has 5 heteroatoms. The van der Waals surface area contributed by atoms with Gasteiger partial charge in [-0.25, -0.2) is 0 Å². The summed E-state index contributed by atoms with van der Waals surface area (Å²) in [6, 6.07) is 6.67. The monoisotopic (exact) mass is 291 g/mol. The third kappa shape index (κ3) is 2.47. The van der Waals surface area contributed by atoms with Crippen molar-refractivity contribution in [1.82, 2.24) is 14.5 Å². The summed E-state index contributed by atoms with van der Waals surface area (Å²) in [4.78, 5) is 5.74. The average molecular weight is 291 g/mol. The summed E-state index contributed by atoms with van der Waals surface area (Å²) in [5.41, 5.74) is 2.21. The Morgan fingerprint density at radius 1 is 1.40 bits per heavy atom. The second-order valence-electron chi connectivity index (χ2n) is 5.55. The third-order valence-corrected chi connectivity index (χ3v) is 4.62. The Balaban J connectivity index is 1.94. The third-order valence-electron chi connectivity index (χ3n) is 4.30. The standard InChI is InChI=1S/C15H21N3OS/c1-17-8-4-3-5-11(17)10-18-14-7-6-12(19-2)9-13(14)16-15(18)20/h6-7,9,11H,3-5,8,10H2,1-2H3,(H,16,20). The van der Waals surface area contributed by atoms with Crippen LogP contribution < -0.4 is 4.74 Å². The number of nitrogens with zero attached hydrogens (tertiary/aromatic N) is 2. The van der Waals surface area contributed by atoms with Crippen LogP contribution in [0.1, 0.15) is 19.3 Å². The van der Waals surface area contributed by atoms with E-state index in [-0.39, 0.29) is 0 Å². The van der Waals surface area contributed by atoms with E-state index in [2.05, 4.69) is 27.6 Å². The van der Waals surface area contributed by atoms with Crippen LogP contribution in [0.4, 0.5) is 0 Å². The summed E-state index contributed by atoms with van der Waals surface area (Å²) in [6.45, 7) is 2.15. The van der Waals surface area contributed by atoms with Gasteiger partial charge in [-0.2, -0.15) is 0 Å². The van der Waals surface area contributed by atoms with E-state index in [0.29, 0.717) is 6.04 Å². The van der Waals surface area contributed by atoms with Crippen LogP contribution in [0.3, 0.4) is 0 Å². The molecular formula is C15H21N3OS. The van der Waals surface area contributed by atoms with E-state index in [1.165, 1.54) is 25.8 Å². The van der Waals surface area contributed by atoms with Gasteiger partial charge < -0.3 is 19.2 Å². The van der Waals surface area contributed by atoms with Gasteiger partial charge in [-0.1, -0.05) is 6.42 Å². The van der Waals surface area contributed by atoms with Crippen LogP contribution in [0.15, 0.2) is 18.2 Å². The zero-order valence-electron chi connectivity index (χ0n) is 12.1. The molecule has 0 amide bonds. The van der Waals surface area contributed by atoms with Crippen LogP contribution in [0.25, 0.3) is 11.0 Å². The second kappa shape index (κ2) is 5.58. The molecule has 0 radical (unpaired) electrons. The number of aromatic nitrogens is 2. The van der Waals surface area contributed by atoms with Crippen LogP contribution in [0.5, 0.6) is 5.75 Å². The van der Waals surface area contributed by atoms with Gasteiger partial charge in [-0.05, 0) is 50.8 Å². The number of likely N-dealkylation sites (N-methyl/N-ethyl adjacent to an activating group) is 1. The van der Waals surface area contributed by atoms with Crippen molar-refractivity contribution in [3.8, 4) is 5.75 Å². The number of benzene rings is 1. The molecule has 0 aliphatic carbocycles. The van der Waals surface area contributed by atoms with Crippen LogP contribution in [0, 0.1) is 4.77 Å². The molecule has 1 aromatic carbocycles. The molecule has 1 fully saturated rings. The minimum atomic E-state index is 0.580. The van der Waals surface area contributed by atoms with Crippen LogP contribution >= 0.6 is 12.2 Å². The van der Waals surface area contributed by atoms with Gasteiger partial charge in [-0.15, -0.1) is 0 Å². The quantitative estimate of drug-likeness (QED) is 0.882. The first-order valence-electron chi connectivity index (χ1n) is 7.16. The number of H-pyrrole nitrogens is 1. The fourth-order valence-electron chi connectivity index (χ4n) is 3.04. The highest BCUT2D eigenvalue weighted by molar-refractivity contribution is 7.71. The maximum Gasteiger partial charge on any atom is 0.178 e. The van der Waals surface area contributed by atoms with Gasteiger partial charge in [0.1, 0.15) is 5.75 Å². The number of hydrogen-bond acceptors (Lipinski definition) is 3. The van der Waals surface area contributed by atoms with Crippen LogP contribution in [0.2, 0.25) is 0 Å². The first-order valence-corrected chi connectivity index (χ1v) is 7.56. The normalized spacial score (nSPS) is 20.4. The Kier molecular flexibility index (Phi) is 3.81. The summed E-state index contributed by atoms with van der Waals surface area (Å²) >= 11 is 5.49. The fourth-order valence-corrected chi connectivity index (χ4v) is 3.32. The molecule has 1 aliphatic heterocycles. The maximum absolute atomic E-state index is 5.49. The molecule has 0 spiro atoms. The zero-order valence-corrected chi connectivity index (χ0v) is 12.9. The molecule has 20 heavy (non-hydrogen) atoms. The molecule has 108 valence electrons. The number of piperidine rings is 1. The lowest BCUT2D eigenvalue weighted by Gasteiger charge is -2.32. The van der Waals surface area contributed by atoms with E-state index in [4.69, 9.17) is 17.0 Å². The summed E-state index contributed by atoms with van der Waals surface area (Å²) in [7, 11) is 3.90. The molecule has 3 rings (SSSR count). The molecule has 0 saturated carbocycles. The van der Waals surface area contributed by atoms with E-state index in [1.54, 1.807) is 7.11 Å². The predicted octanol–water partition coefficient (Wildman–Crippen LogP) is 3.19. The lowest BCUT2D eigenvalue weighted by Crippen LogP contribution is -2.39. The number of fused-ring (bicyclic) bond motifs is 1.